The highest BCUT2D eigenvalue weighted by Gasteiger charge is 2.28. The molecule has 1 aliphatic carbocycles. The maximum absolute atomic E-state index is 13.8. The van der Waals surface area contributed by atoms with Gasteiger partial charge in [0.2, 0.25) is 0 Å². The third-order valence-electron chi connectivity index (χ3n) is 15.3. The summed E-state index contributed by atoms with van der Waals surface area (Å²) >= 11 is 0. The molecule has 7 aromatic carbocycles. The highest BCUT2D eigenvalue weighted by molar-refractivity contribution is 6.24. The van der Waals surface area contributed by atoms with Crippen LogP contribution in [0.4, 0.5) is 0 Å². The smallest absolute Gasteiger partial charge is 0.343 e. The molecule has 17 nitrogen and oxygen atoms in total. The number of fused-ring (bicyclic) bond motifs is 7. The van der Waals surface area contributed by atoms with Gasteiger partial charge in [-0.25, -0.2) is 24.4 Å². The molecule has 0 atom stereocenters. The Labute approximate surface area is 518 Å². The minimum absolute atomic E-state index is 0.00210. The molecule has 8 aromatic rings. The molecule has 89 heavy (non-hydrogen) atoms. The summed E-state index contributed by atoms with van der Waals surface area (Å²) in [5.74, 6) is 2.25. The molecule has 0 saturated heterocycles. The van der Waals surface area contributed by atoms with Gasteiger partial charge in [0, 0.05) is 35.6 Å². The van der Waals surface area contributed by atoms with E-state index < -0.39 is 11.9 Å². The average molecular weight is 1210 g/mol. The summed E-state index contributed by atoms with van der Waals surface area (Å²) in [5.41, 5.74) is 3.82. The van der Waals surface area contributed by atoms with Crippen molar-refractivity contribution in [3.05, 3.63) is 164 Å². The number of carbonyl (C=O) groups is 4. The Balaban J connectivity index is 0.818. The van der Waals surface area contributed by atoms with Crippen LogP contribution in [0.15, 0.2) is 153 Å². The maximum Gasteiger partial charge on any atom is 0.343 e. The van der Waals surface area contributed by atoms with Crippen LogP contribution in [-0.4, -0.2) is 97.9 Å². The van der Waals surface area contributed by atoms with Gasteiger partial charge in [-0.3, -0.25) is 4.79 Å². The van der Waals surface area contributed by atoms with Crippen molar-refractivity contribution in [1.29, 1.82) is 0 Å². The van der Waals surface area contributed by atoms with E-state index in [1.165, 1.54) is 6.08 Å². The van der Waals surface area contributed by atoms with E-state index in [-0.39, 0.29) is 43.8 Å². The van der Waals surface area contributed by atoms with Crippen molar-refractivity contribution < 1.29 is 71.7 Å². The van der Waals surface area contributed by atoms with Gasteiger partial charge in [-0.05, 0) is 183 Å². The largest absolute Gasteiger partial charge is 0.494 e. The lowest BCUT2D eigenvalue weighted by molar-refractivity contribution is -0.141. The number of benzene rings is 7. The Hall–Kier alpha value is -8.90. The van der Waals surface area contributed by atoms with Crippen LogP contribution < -0.4 is 28.4 Å². The fraction of sp³-hybridized carbons (Fsp3) is 0.361. The van der Waals surface area contributed by atoms with Gasteiger partial charge in [0.25, 0.3) is 0 Å². The van der Waals surface area contributed by atoms with Crippen LogP contribution >= 0.6 is 0 Å². The second-order valence-corrected chi connectivity index (χ2v) is 21.8. The van der Waals surface area contributed by atoms with E-state index in [0.717, 1.165) is 122 Å². The molecule has 1 aromatic heterocycles. The van der Waals surface area contributed by atoms with Gasteiger partial charge in [-0.15, -0.1) is 0 Å². The van der Waals surface area contributed by atoms with Crippen LogP contribution in [0.2, 0.25) is 0 Å². The molecule has 1 saturated carbocycles. The van der Waals surface area contributed by atoms with Crippen molar-refractivity contribution in [1.82, 2.24) is 9.97 Å². The molecule has 0 aliphatic heterocycles. The molecule has 0 amide bonds. The van der Waals surface area contributed by atoms with E-state index in [9.17, 15) is 19.2 Å². The van der Waals surface area contributed by atoms with E-state index in [0.29, 0.717) is 115 Å². The minimum Gasteiger partial charge on any atom is -0.494 e. The number of unbranched alkanes of at least 4 members (excludes halogenated alkanes) is 9. The second kappa shape index (κ2) is 34.0. The summed E-state index contributed by atoms with van der Waals surface area (Å²) in [6, 6.07) is 38.8. The fourth-order valence-corrected chi connectivity index (χ4v) is 10.5. The first-order valence-electron chi connectivity index (χ1n) is 30.9. The third kappa shape index (κ3) is 19.5. The number of aromatic nitrogens is 2. The molecule has 0 unspecified atom stereocenters. The summed E-state index contributed by atoms with van der Waals surface area (Å²) < 4.78 is 57.8. The number of carbonyl (C=O) groups excluding carboxylic acids is 4. The third-order valence-corrected chi connectivity index (χ3v) is 15.3. The zero-order valence-electron chi connectivity index (χ0n) is 50.4. The van der Waals surface area contributed by atoms with Crippen LogP contribution in [0.5, 0.6) is 40.2 Å². The summed E-state index contributed by atoms with van der Waals surface area (Å²) in [4.78, 5) is 59.8. The molecule has 0 radical (unpaired) electrons. The summed E-state index contributed by atoms with van der Waals surface area (Å²) in [7, 11) is 0. The van der Waals surface area contributed by atoms with Gasteiger partial charge in [-0.1, -0.05) is 63.8 Å². The number of aliphatic hydroxyl groups excluding tert-OH is 1. The molecule has 1 heterocycles. The molecule has 17 heteroatoms. The van der Waals surface area contributed by atoms with Crippen molar-refractivity contribution in [2.75, 3.05) is 52.9 Å². The molecule has 0 bridgehead atoms. The lowest BCUT2D eigenvalue weighted by Crippen LogP contribution is -2.28. The number of nitrogens with zero attached hydrogens (tertiary/aromatic N) is 2. The van der Waals surface area contributed by atoms with Crippen molar-refractivity contribution in [2.45, 2.75) is 109 Å². The predicted octanol–water partition coefficient (Wildman–Crippen LogP) is 14.7. The standard InChI is InChI=1S/C72H78N2O15/c1-3-67(76)84-41-15-10-7-5-6-9-13-40-82-58-32-35-61-62-36-33-59(89-72(79)51-18-16-50(17-19-51)49-86-55-22-20-52(21-23-55)71(78)88-57-30-26-53(27-31-57)81-39-14-11-8-12-38-75)47-64(62)69-70(63(61)46-58)74-66-48-60(34-37-65(66)73-69)87-56-28-24-54(25-29-56)83-44-42-80-43-45-85-68(77)4-2/h3-4,16-19,24-37,46-48,52,55,75H,1-2,5-15,20-23,38-45,49H2. The van der Waals surface area contributed by atoms with Gasteiger partial charge >= 0.3 is 23.9 Å². The van der Waals surface area contributed by atoms with E-state index in [2.05, 4.69) is 13.2 Å². The lowest BCUT2D eigenvalue weighted by Gasteiger charge is -2.27. The highest BCUT2D eigenvalue weighted by Crippen LogP contribution is 2.39. The zero-order chi connectivity index (χ0) is 62.0. The Morgan fingerprint density at radius 3 is 1.63 bits per heavy atom. The van der Waals surface area contributed by atoms with Crippen molar-refractivity contribution >= 4 is 67.5 Å². The second-order valence-electron chi connectivity index (χ2n) is 21.8. The number of esters is 4. The van der Waals surface area contributed by atoms with Crippen LogP contribution in [0.25, 0.3) is 43.6 Å². The normalized spacial score (nSPS) is 13.9. The van der Waals surface area contributed by atoms with Crippen molar-refractivity contribution in [2.24, 2.45) is 5.92 Å². The molecule has 9 rings (SSSR count). The monoisotopic (exact) mass is 1210 g/mol. The maximum atomic E-state index is 13.8. The van der Waals surface area contributed by atoms with Crippen LogP contribution in [0.3, 0.4) is 0 Å². The molecule has 0 spiro atoms. The summed E-state index contributed by atoms with van der Waals surface area (Å²) in [6.45, 7) is 9.97. The van der Waals surface area contributed by atoms with Crippen LogP contribution in [0.1, 0.15) is 112 Å². The van der Waals surface area contributed by atoms with E-state index in [4.69, 9.17) is 62.4 Å². The Morgan fingerprint density at radius 2 is 0.978 bits per heavy atom. The fourth-order valence-electron chi connectivity index (χ4n) is 10.5. The van der Waals surface area contributed by atoms with Crippen molar-refractivity contribution in [3.8, 4) is 40.2 Å². The molecular weight excluding hydrogens is 1130 g/mol. The van der Waals surface area contributed by atoms with E-state index in [1.807, 2.05) is 97.1 Å². The average Bonchev–Trinajstić information content (AvgIpc) is 0.807. The highest BCUT2D eigenvalue weighted by atomic mass is 16.6. The Kier molecular flexibility index (Phi) is 24.7. The molecule has 1 aliphatic rings. The Morgan fingerprint density at radius 1 is 0.461 bits per heavy atom. The number of ether oxygens (including phenoxy) is 10. The number of rotatable bonds is 36. The van der Waals surface area contributed by atoms with Gasteiger partial charge in [0.05, 0.1) is 79.3 Å². The summed E-state index contributed by atoms with van der Waals surface area (Å²) in [5, 5.41) is 12.4. The first-order chi connectivity index (χ1) is 43.6. The summed E-state index contributed by atoms with van der Waals surface area (Å²) in [6.07, 6.45) is 15.9. The first kappa shape index (κ1) is 64.6. The topological polar surface area (TPSA) is 207 Å². The van der Waals surface area contributed by atoms with Gasteiger partial charge < -0.3 is 52.5 Å². The Bertz CT molecular complexity index is 3640. The molecule has 1 fully saturated rings. The SMILES string of the molecule is C=CC(=O)OCCCCCCCCCOc1ccc2c3ccc(OC(=O)c4ccc(COC5CCC(C(=O)Oc6ccc(OCCCCCCO)cc6)CC5)cc4)cc3c3nc4ccc(Oc5ccc(OCCOCCOC(=O)C=C)cc5)cc4nc3c2c1. The number of aliphatic hydroxyl groups is 1. The van der Waals surface area contributed by atoms with Crippen LogP contribution in [-0.2, 0) is 39.9 Å². The molecule has 466 valence electrons. The molecule has 1 N–H and O–H groups in total. The zero-order valence-corrected chi connectivity index (χ0v) is 50.4. The van der Waals surface area contributed by atoms with Gasteiger partial charge in [0.1, 0.15) is 53.5 Å². The first-order valence-corrected chi connectivity index (χ1v) is 30.9. The lowest BCUT2D eigenvalue weighted by atomic mass is 9.87. The quantitative estimate of drug-likeness (QED) is 0.00967. The predicted molar refractivity (Wildman–Crippen MR) is 340 cm³/mol. The molecular formula is C72H78N2O15. The number of hydrogen-bond acceptors (Lipinski definition) is 17. The van der Waals surface area contributed by atoms with Gasteiger partial charge in [-0.2, -0.15) is 0 Å². The van der Waals surface area contributed by atoms with E-state index in [1.54, 1.807) is 30.3 Å². The van der Waals surface area contributed by atoms with Crippen molar-refractivity contribution in [3.63, 3.8) is 0 Å². The van der Waals surface area contributed by atoms with Crippen LogP contribution in [0, 0.1) is 5.92 Å². The number of hydrogen-bond donors (Lipinski definition) is 1. The van der Waals surface area contributed by atoms with Gasteiger partial charge in [0.15, 0.2) is 0 Å². The minimum atomic E-state index is -0.513. The van der Waals surface area contributed by atoms with E-state index >= 15 is 0 Å².